The maximum absolute atomic E-state index is 12.9. The summed E-state index contributed by atoms with van der Waals surface area (Å²) in [4.78, 5) is 25.7. The number of hydrogen-bond donors (Lipinski definition) is 1. The number of amides is 1. The molecule has 1 aromatic heterocycles. The summed E-state index contributed by atoms with van der Waals surface area (Å²) in [5, 5.41) is 12.9. The van der Waals surface area contributed by atoms with Crippen molar-refractivity contribution in [3.8, 4) is 6.07 Å². The van der Waals surface area contributed by atoms with Gasteiger partial charge in [-0.1, -0.05) is 62.4 Å². The predicted molar refractivity (Wildman–Crippen MR) is 123 cm³/mol. The van der Waals surface area contributed by atoms with E-state index in [2.05, 4.69) is 5.32 Å². The number of ether oxygens (including phenoxy) is 2. The number of nitriles is 1. The first-order valence-electron chi connectivity index (χ1n) is 10.9. The second-order valence-corrected chi connectivity index (χ2v) is 8.27. The number of rotatable bonds is 10. The van der Waals surface area contributed by atoms with Crippen molar-refractivity contribution in [2.75, 3.05) is 6.61 Å². The number of nitrogens with one attached hydrogen (secondary N) is 1. The predicted octanol–water partition coefficient (Wildman–Crippen LogP) is 4.54. The summed E-state index contributed by atoms with van der Waals surface area (Å²) in [7, 11) is 0. The lowest BCUT2D eigenvalue weighted by Crippen LogP contribution is -2.45. The molecule has 1 amide bonds. The molecule has 1 heterocycles. The van der Waals surface area contributed by atoms with Crippen LogP contribution >= 0.6 is 0 Å². The average molecular weight is 449 g/mol. The second kappa shape index (κ2) is 11.3. The van der Waals surface area contributed by atoms with Gasteiger partial charge in [-0.3, -0.25) is 4.79 Å². The van der Waals surface area contributed by atoms with Crippen LogP contribution in [0.4, 0.5) is 0 Å². The highest BCUT2D eigenvalue weighted by atomic mass is 16.6. The molecule has 172 valence electrons. The van der Waals surface area contributed by atoms with E-state index in [1.807, 2.05) is 68.4 Å². The van der Waals surface area contributed by atoms with Crippen LogP contribution in [-0.4, -0.2) is 30.6 Å². The Morgan fingerprint density at radius 3 is 2.45 bits per heavy atom. The minimum atomic E-state index is -1.06. The molecule has 7 heteroatoms. The Kier molecular flexibility index (Phi) is 8.22. The van der Waals surface area contributed by atoms with Gasteiger partial charge in [-0.15, -0.1) is 0 Å². The highest BCUT2D eigenvalue weighted by molar-refractivity contribution is 5.97. The minimum Gasteiger partial charge on any atom is -0.449 e. The summed E-state index contributed by atoms with van der Waals surface area (Å²) in [5.74, 6) is -1.10. The molecule has 2 aromatic carbocycles. The van der Waals surface area contributed by atoms with Gasteiger partial charge in [0.1, 0.15) is 11.6 Å². The van der Waals surface area contributed by atoms with Crippen molar-refractivity contribution in [3.05, 3.63) is 71.5 Å². The number of esters is 1. The molecule has 0 bridgehead atoms. The molecule has 0 spiro atoms. The fourth-order valence-corrected chi connectivity index (χ4v) is 3.43. The van der Waals surface area contributed by atoms with Crippen molar-refractivity contribution in [2.45, 2.75) is 45.9 Å². The van der Waals surface area contributed by atoms with Gasteiger partial charge in [-0.2, -0.15) is 5.26 Å². The first-order valence-corrected chi connectivity index (χ1v) is 10.9. The van der Waals surface area contributed by atoms with Gasteiger partial charge in [-0.05, 0) is 30.9 Å². The quantitative estimate of drug-likeness (QED) is 0.457. The number of fused-ring (bicyclic) bond motifs is 1. The minimum absolute atomic E-state index is 0.0160. The van der Waals surface area contributed by atoms with Crippen LogP contribution in [0.5, 0.6) is 0 Å². The molecule has 0 unspecified atom stereocenters. The summed E-state index contributed by atoms with van der Waals surface area (Å²) >= 11 is 0. The van der Waals surface area contributed by atoms with Crippen LogP contribution in [0.3, 0.4) is 0 Å². The number of benzene rings is 2. The normalized spacial score (nSPS) is 12.8. The molecule has 0 saturated carbocycles. The molecular weight excluding hydrogens is 420 g/mol. The van der Waals surface area contributed by atoms with Crippen molar-refractivity contribution in [3.63, 3.8) is 0 Å². The molecule has 0 saturated heterocycles. The van der Waals surface area contributed by atoms with Crippen molar-refractivity contribution >= 4 is 22.8 Å². The first-order chi connectivity index (χ1) is 15.9. The summed E-state index contributed by atoms with van der Waals surface area (Å²) < 4.78 is 16.8. The standard InChI is InChI=1S/C26H28N2O5/c1-17(2)13-23(33-26(30)24-18(3)21-11-7-8-12-22(21)32-24)25(29)28-20(14-27)16-31-15-19-9-5-4-6-10-19/h4-12,17,20,23H,13,15-16H2,1-3H3,(H,28,29)/t20-,23+/m1/s1. The summed E-state index contributed by atoms with van der Waals surface area (Å²) in [6.07, 6.45) is -0.755. The maximum atomic E-state index is 12.9. The van der Waals surface area contributed by atoms with E-state index in [9.17, 15) is 14.9 Å². The number of carbonyl (C=O) groups is 2. The van der Waals surface area contributed by atoms with E-state index in [-0.39, 0.29) is 18.3 Å². The molecule has 33 heavy (non-hydrogen) atoms. The van der Waals surface area contributed by atoms with E-state index < -0.39 is 24.0 Å². The monoisotopic (exact) mass is 448 g/mol. The molecule has 0 aliphatic heterocycles. The molecule has 1 N–H and O–H groups in total. The van der Waals surface area contributed by atoms with Gasteiger partial charge in [0.25, 0.3) is 5.91 Å². The van der Waals surface area contributed by atoms with Crippen LogP contribution in [0.2, 0.25) is 0 Å². The van der Waals surface area contributed by atoms with Gasteiger partial charge in [-0.25, -0.2) is 4.79 Å². The van der Waals surface area contributed by atoms with E-state index >= 15 is 0 Å². The van der Waals surface area contributed by atoms with Gasteiger partial charge in [0.05, 0.1) is 19.3 Å². The third-order valence-corrected chi connectivity index (χ3v) is 5.12. The molecule has 0 fully saturated rings. The maximum Gasteiger partial charge on any atom is 0.375 e. The van der Waals surface area contributed by atoms with Gasteiger partial charge in [0.2, 0.25) is 5.76 Å². The summed E-state index contributed by atoms with van der Waals surface area (Å²) in [5.41, 5.74) is 2.20. The van der Waals surface area contributed by atoms with Crippen molar-refractivity contribution in [2.24, 2.45) is 5.92 Å². The van der Waals surface area contributed by atoms with E-state index in [4.69, 9.17) is 13.9 Å². The van der Waals surface area contributed by atoms with E-state index in [0.717, 1.165) is 10.9 Å². The highest BCUT2D eigenvalue weighted by Crippen LogP contribution is 2.26. The van der Waals surface area contributed by atoms with E-state index in [0.29, 0.717) is 24.2 Å². The molecule has 0 aliphatic rings. The Morgan fingerprint density at radius 1 is 1.09 bits per heavy atom. The molecule has 7 nitrogen and oxygen atoms in total. The number of nitrogens with zero attached hydrogens (tertiary/aromatic N) is 1. The molecule has 0 aliphatic carbocycles. The van der Waals surface area contributed by atoms with Crippen LogP contribution in [0, 0.1) is 24.2 Å². The Balaban J connectivity index is 1.64. The number of furan rings is 1. The Bertz CT molecular complexity index is 1130. The number of carbonyl (C=O) groups excluding carboxylic acids is 2. The van der Waals surface area contributed by atoms with Gasteiger partial charge in [0, 0.05) is 10.9 Å². The van der Waals surface area contributed by atoms with Crippen molar-refractivity contribution < 1.29 is 23.5 Å². The lowest BCUT2D eigenvalue weighted by atomic mass is 10.0. The molecule has 0 radical (unpaired) electrons. The van der Waals surface area contributed by atoms with Crippen LogP contribution in [-0.2, 0) is 20.9 Å². The topological polar surface area (TPSA) is 102 Å². The van der Waals surface area contributed by atoms with Crippen LogP contribution in [0.25, 0.3) is 11.0 Å². The van der Waals surface area contributed by atoms with Crippen molar-refractivity contribution in [1.29, 1.82) is 5.26 Å². The Hall–Kier alpha value is -3.63. The SMILES string of the molecule is Cc1c(C(=O)O[C@@H](CC(C)C)C(=O)N[C@H](C#N)COCc2ccccc2)oc2ccccc12. The van der Waals surface area contributed by atoms with Gasteiger partial charge < -0.3 is 19.2 Å². The molecule has 3 rings (SSSR count). The summed E-state index contributed by atoms with van der Waals surface area (Å²) in [6, 6.07) is 18.0. The zero-order valence-electron chi connectivity index (χ0n) is 19.0. The number of para-hydroxylation sites is 1. The highest BCUT2D eigenvalue weighted by Gasteiger charge is 2.29. The number of hydrogen-bond acceptors (Lipinski definition) is 6. The van der Waals surface area contributed by atoms with Crippen molar-refractivity contribution in [1.82, 2.24) is 5.32 Å². The second-order valence-electron chi connectivity index (χ2n) is 8.27. The molecular formula is C26H28N2O5. The summed E-state index contributed by atoms with van der Waals surface area (Å²) in [6.45, 7) is 5.96. The largest absolute Gasteiger partial charge is 0.449 e. The fraction of sp³-hybridized carbons (Fsp3) is 0.346. The fourth-order valence-electron chi connectivity index (χ4n) is 3.43. The third kappa shape index (κ3) is 6.43. The Labute approximate surface area is 193 Å². The molecule has 2 atom stereocenters. The van der Waals surface area contributed by atoms with Gasteiger partial charge >= 0.3 is 5.97 Å². The molecule has 3 aromatic rings. The average Bonchev–Trinajstić information content (AvgIpc) is 3.15. The van der Waals surface area contributed by atoms with E-state index in [1.165, 1.54) is 0 Å². The number of aryl methyl sites for hydroxylation is 1. The van der Waals surface area contributed by atoms with Gasteiger partial charge in [0.15, 0.2) is 6.10 Å². The third-order valence-electron chi connectivity index (χ3n) is 5.12. The van der Waals surface area contributed by atoms with Crippen LogP contribution in [0.1, 0.15) is 41.9 Å². The van der Waals surface area contributed by atoms with Crippen LogP contribution < -0.4 is 5.32 Å². The Morgan fingerprint density at radius 2 is 1.79 bits per heavy atom. The van der Waals surface area contributed by atoms with Crippen LogP contribution in [0.15, 0.2) is 59.0 Å². The smallest absolute Gasteiger partial charge is 0.375 e. The first kappa shape index (κ1) is 24.0. The zero-order valence-corrected chi connectivity index (χ0v) is 19.0. The lowest BCUT2D eigenvalue weighted by Gasteiger charge is -2.21. The lowest BCUT2D eigenvalue weighted by molar-refractivity contribution is -0.131. The zero-order chi connectivity index (χ0) is 23.8. The van der Waals surface area contributed by atoms with E-state index in [1.54, 1.807) is 13.0 Å².